The van der Waals surface area contributed by atoms with Crippen LogP contribution in [-0.2, 0) is 11.3 Å². The number of benzene rings is 1. The van der Waals surface area contributed by atoms with Gasteiger partial charge in [0.2, 0.25) is 11.7 Å². The van der Waals surface area contributed by atoms with Crippen LogP contribution in [0, 0.1) is 5.82 Å². The number of aliphatic imine (C=N–C) groups is 1. The van der Waals surface area contributed by atoms with E-state index in [1.165, 1.54) is 25.1 Å². The zero-order valence-electron chi connectivity index (χ0n) is 15.9. The van der Waals surface area contributed by atoms with Crippen LogP contribution in [0.25, 0.3) is 0 Å². The van der Waals surface area contributed by atoms with E-state index in [0.29, 0.717) is 0 Å². The molecule has 0 saturated heterocycles. The highest BCUT2D eigenvalue weighted by atomic mass is 35.5. The van der Waals surface area contributed by atoms with E-state index in [4.69, 9.17) is 22.1 Å². The molecule has 0 unspecified atom stereocenters. The van der Waals surface area contributed by atoms with Crippen molar-refractivity contribution in [3.05, 3.63) is 46.5 Å². The van der Waals surface area contributed by atoms with Crippen LogP contribution >= 0.6 is 11.6 Å². The lowest BCUT2D eigenvalue weighted by atomic mass is 9.92. The second-order valence-electron chi connectivity index (χ2n) is 7.14. The van der Waals surface area contributed by atoms with Crippen LogP contribution < -0.4 is 11.1 Å². The van der Waals surface area contributed by atoms with E-state index in [1.807, 2.05) is 0 Å². The fourth-order valence-electron chi connectivity index (χ4n) is 2.60. The van der Waals surface area contributed by atoms with E-state index < -0.39 is 36.0 Å². The van der Waals surface area contributed by atoms with Crippen molar-refractivity contribution in [2.24, 2.45) is 10.7 Å². The van der Waals surface area contributed by atoms with E-state index in [1.54, 1.807) is 0 Å². The normalized spacial score (nSPS) is 23.8. The molecular formula is C18H18ClF4N5O2. The number of ether oxygens (including phenoxy) is 1. The molecule has 1 aromatic heterocycles. The third kappa shape index (κ3) is 4.26. The van der Waals surface area contributed by atoms with Crippen LogP contribution in [0.1, 0.15) is 29.9 Å². The monoisotopic (exact) mass is 447 g/mol. The van der Waals surface area contributed by atoms with Crippen molar-refractivity contribution in [1.82, 2.24) is 9.78 Å². The second kappa shape index (κ2) is 7.88. The maximum Gasteiger partial charge on any atom is 0.277 e. The summed E-state index contributed by atoms with van der Waals surface area (Å²) < 4.78 is 60.8. The van der Waals surface area contributed by atoms with Crippen molar-refractivity contribution < 1.29 is 27.1 Å². The molecule has 1 aromatic carbocycles. The van der Waals surface area contributed by atoms with Gasteiger partial charge in [-0.15, -0.1) is 0 Å². The summed E-state index contributed by atoms with van der Waals surface area (Å²) in [6, 6.07) is 3.93. The number of rotatable bonds is 5. The lowest BCUT2D eigenvalue weighted by molar-refractivity contribution is 0.0293. The predicted molar refractivity (Wildman–Crippen MR) is 102 cm³/mol. The van der Waals surface area contributed by atoms with E-state index in [-0.39, 0.29) is 34.5 Å². The number of hydrogen-bond acceptors (Lipinski definition) is 5. The Kier molecular flexibility index (Phi) is 5.79. The van der Waals surface area contributed by atoms with Crippen LogP contribution in [0.4, 0.5) is 23.2 Å². The first-order valence-corrected chi connectivity index (χ1v) is 9.11. The zero-order chi connectivity index (χ0) is 22.3. The maximum absolute atomic E-state index is 15.0. The molecule has 3 N–H and O–H groups in total. The highest BCUT2D eigenvalue weighted by Crippen LogP contribution is 2.32. The van der Waals surface area contributed by atoms with Crippen LogP contribution in [0.5, 0.6) is 0 Å². The molecule has 0 spiro atoms. The number of hydrogen-bond donors (Lipinski definition) is 2. The molecule has 30 heavy (non-hydrogen) atoms. The summed E-state index contributed by atoms with van der Waals surface area (Å²) in [5.74, 6) is -4.38. The van der Waals surface area contributed by atoms with Gasteiger partial charge in [0, 0.05) is 6.20 Å². The van der Waals surface area contributed by atoms with Crippen molar-refractivity contribution in [3.8, 4) is 0 Å². The van der Waals surface area contributed by atoms with Gasteiger partial charge in [-0.3, -0.25) is 9.48 Å². The molecule has 0 radical (unpaired) electrons. The molecular weight excluding hydrogens is 430 g/mol. The molecule has 0 fully saturated rings. The minimum Gasteiger partial charge on any atom is -0.475 e. The Morgan fingerprint density at radius 3 is 2.77 bits per heavy atom. The van der Waals surface area contributed by atoms with Gasteiger partial charge in [0.25, 0.3) is 12.3 Å². The summed E-state index contributed by atoms with van der Waals surface area (Å²) in [5, 5.41) is 5.76. The number of alkyl halides is 3. The van der Waals surface area contributed by atoms with Gasteiger partial charge in [-0.25, -0.2) is 22.6 Å². The van der Waals surface area contributed by atoms with Crippen molar-refractivity contribution in [2.75, 3.05) is 11.9 Å². The minimum absolute atomic E-state index is 0.180. The largest absolute Gasteiger partial charge is 0.475 e. The minimum atomic E-state index is -2.70. The zero-order valence-corrected chi connectivity index (χ0v) is 16.7. The van der Waals surface area contributed by atoms with Gasteiger partial charge < -0.3 is 15.8 Å². The molecule has 1 aliphatic heterocycles. The smallest absolute Gasteiger partial charge is 0.277 e. The molecule has 12 heteroatoms. The number of halogens is 5. The average Bonchev–Trinajstić information content (AvgIpc) is 2.99. The predicted octanol–water partition coefficient (Wildman–Crippen LogP) is 3.37. The van der Waals surface area contributed by atoms with Crippen molar-refractivity contribution in [1.29, 1.82) is 0 Å². The Morgan fingerprint density at radius 1 is 1.43 bits per heavy atom. The summed E-state index contributed by atoms with van der Waals surface area (Å²) in [6.07, 6.45) is -1.63. The average molecular weight is 448 g/mol. The number of amides is 1. The first-order chi connectivity index (χ1) is 13.9. The van der Waals surface area contributed by atoms with Gasteiger partial charge in [0.05, 0.1) is 16.3 Å². The van der Waals surface area contributed by atoms with Gasteiger partial charge in [-0.1, -0.05) is 17.7 Å². The summed E-state index contributed by atoms with van der Waals surface area (Å²) in [6.45, 7) is 1.57. The van der Waals surface area contributed by atoms with E-state index in [0.717, 1.165) is 17.8 Å². The van der Waals surface area contributed by atoms with Gasteiger partial charge in [-0.2, -0.15) is 5.10 Å². The van der Waals surface area contributed by atoms with E-state index in [2.05, 4.69) is 15.4 Å². The molecule has 2 aromatic rings. The topological polar surface area (TPSA) is 94.5 Å². The number of aromatic nitrogens is 2. The fraction of sp³-hybridized carbons (Fsp3) is 0.389. The Balaban J connectivity index is 1.87. The van der Waals surface area contributed by atoms with Crippen LogP contribution in [-0.4, -0.2) is 45.9 Å². The Morgan fingerprint density at radius 2 is 2.13 bits per heavy atom. The highest BCUT2D eigenvalue weighted by Gasteiger charge is 2.47. The molecule has 1 amide bonds. The molecule has 2 heterocycles. The first kappa shape index (κ1) is 22.0. The maximum atomic E-state index is 15.0. The van der Waals surface area contributed by atoms with Crippen molar-refractivity contribution in [2.45, 2.75) is 38.1 Å². The molecule has 0 saturated carbocycles. The lowest BCUT2D eigenvalue weighted by Crippen LogP contribution is -2.59. The van der Waals surface area contributed by atoms with E-state index in [9.17, 15) is 22.4 Å². The number of carbonyl (C=O) groups is 1. The van der Waals surface area contributed by atoms with Crippen molar-refractivity contribution in [3.63, 3.8) is 0 Å². The standard InChI is InChI=1S/C18H18ClF4N5O2/c1-17(24)8-30-16(26-18(17,2)23)9-4-3-5-11(13(9)22)25-15(29)14-10(19)6-28(27-14)7-12(20)21/h3-6,12H,7-8,24H2,1-2H3,(H,25,29)/t17-,18+/m1/s1. The van der Waals surface area contributed by atoms with Crippen LogP contribution in [0.2, 0.25) is 5.02 Å². The second-order valence-corrected chi connectivity index (χ2v) is 7.54. The molecule has 0 bridgehead atoms. The van der Waals surface area contributed by atoms with Crippen LogP contribution in [0.3, 0.4) is 0 Å². The van der Waals surface area contributed by atoms with Crippen molar-refractivity contribution >= 4 is 29.1 Å². The summed E-state index contributed by atoms with van der Waals surface area (Å²) in [5.41, 5.74) is 3.57. The van der Waals surface area contributed by atoms with Gasteiger partial charge in [0.1, 0.15) is 18.7 Å². The Hall–Kier alpha value is -2.66. The summed E-state index contributed by atoms with van der Waals surface area (Å²) in [4.78, 5) is 16.2. The summed E-state index contributed by atoms with van der Waals surface area (Å²) >= 11 is 5.86. The Bertz CT molecular complexity index is 1010. The molecule has 0 aliphatic carbocycles. The molecule has 2 atom stereocenters. The van der Waals surface area contributed by atoms with Gasteiger partial charge in [0.15, 0.2) is 11.5 Å². The van der Waals surface area contributed by atoms with Crippen LogP contribution in [0.15, 0.2) is 29.4 Å². The third-order valence-corrected chi connectivity index (χ3v) is 4.87. The SMILES string of the molecule is C[C@]1(F)N=C(c2cccc(NC(=O)c3nn(CC(F)F)cc3Cl)c2F)OC[C@@]1(C)N. The fourth-order valence-corrected chi connectivity index (χ4v) is 2.84. The third-order valence-electron chi connectivity index (χ3n) is 4.60. The molecule has 3 rings (SSSR count). The van der Waals surface area contributed by atoms with Gasteiger partial charge >= 0.3 is 0 Å². The lowest BCUT2D eigenvalue weighted by Gasteiger charge is -2.38. The number of anilines is 1. The molecule has 1 aliphatic rings. The summed E-state index contributed by atoms with van der Waals surface area (Å²) in [7, 11) is 0. The number of nitrogens with two attached hydrogens (primary N) is 1. The van der Waals surface area contributed by atoms with E-state index >= 15 is 0 Å². The van der Waals surface area contributed by atoms with Gasteiger partial charge in [-0.05, 0) is 26.0 Å². The highest BCUT2D eigenvalue weighted by molar-refractivity contribution is 6.34. The first-order valence-electron chi connectivity index (χ1n) is 8.73. The number of nitrogens with one attached hydrogen (secondary N) is 1. The number of carbonyl (C=O) groups excluding carboxylic acids is 1. The molecule has 7 nitrogen and oxygen atoms in total. The quantitative estimate of drug-likeness (QED) is 0.542. The molecule has 162 valence electrons. The Labute approximate surface area is 173 Å². The number of nitrogens with zero attached hydrogens (tertiary/aromatic N) is 3.